The van der Waals surface area contributed by atoms with Gasteiger partial charge in [0.1, 0.15) is 17.3 Å². The van der Waals surface area contributed by atoms with E-state index in [0.29, 0.717) is 11.8 Å². The van der Waals surface area contributed by atoms with Crippen molar-refractivity contribution in [1.82, 2.24) is 4.90 Å². The highest BCUT2D eigenvalue weighted by Gasteiger charge is 2.28. The number of benzene rings is 3. The fourth-order valence-corrected chi connectivity index (χ4v) is 5.63. The number of hydrogen-bond acceptors (Lipinski definition) is 4. The lowest BCUT2D eigenvalue weighted by Crippen LogP contribution is -2.37. The summed E-state index contributed by atoms with van der Waals surface area (Å²) >= 11 is 0. The zero-order chi connectivity index (χ0) is 24.2. The van der Waals surface area contributed by atoms with E-state index in [-0.39, 0.29) is 11.9 Å². The molecule has 0 spiro atoms. The van der Waals surface area contributed by atoms with Crippen LogP contribution in [-0.2, 0) is 12.8 Å². The van der Waals surface area contributed by atoms with Gasteiger partial charge in [0.25, 0.3) is 0 Å². The van der Waals surface area contributed by atoms with Gasteiger partial charge < -0.3 is 19.6 Å². The lowest BCUT2D eigenvalue weighted by Gasteiger charge is -2.39. The maximum absolute atomic E-state index is 13.6. The van der Waals surface area contributed by atoms with E-state index in [1.54, 1.807) is 6.07 Å². The number of fused-ring (bicyclic) bond motifs is 1. The number of phenolic OH excluding ortho intramolecular Hbond substituents is 1. The summed E-state index contributed by atoms with van der Waals surface area (Å²) in [6.07, 6.45) is 6.63. The molecule has 0 saturated carbocycles. The molecule has 0 radical (unpaired) electrons. The molecule has 35 heavy (non-hydrogen) atoms. The first-order chi connectivity index (χ1) is 17.1. The smallest absolute Gasteiger partial charge is 0.123 e. The van der Waals surface area contributed by atoms with Crippen LogP contribution >= 0.6 is 0 Å². The number of likely N-dealkylation sites (tertiary alicyclic amines) is 1. The Morgan fingerprint density at radius 2 is 1.77 bits per heavy atom. The van der Waals surface area contributed by atoms with Gasteiger partial charge in [-0.25, -0.2) is 4.39 Å². The SMILES string of the molecule is CN1CCCCC1CCOc1ccc(CC2c3ccc(O)cc3CCN2c2ccc(F)cc2)cc1. The standard InChI is InChI=1S/C30H35FN2O2/c1-32-17-3-2-4-25(32)16-19-35-28-12-5-22(6-13-28)20-30-29-14-11-27(34)21-23(29)15-18-33(30)26-9-7-24(31)8-10-26/h5-14,21,25,30,34H,2-4,15-20H2,1H3. The first kappa shape index (κ1) is 23.7. The van der Waals surface area contributed by atoms with Crippen molar-refractivity contribution in [3.05, 3.63) is 89.2 Å². The zero-order valence-electron chi connectivity index (χ0n) is 20.5. The fourth-order valence-electron chi connectivity index (χ4n) is 5.63. The van der Waals surface area contributed by atoms with Crippen LogP contribution in [0.5, 0.6) is 11.5 Å². The lowest BCUT2D eigenvalue weighted by atomic mass is 9.88. The van der Waals surface area contributed by atoms with Crippen LogP contribution in [-0.4, -0.2) is 42.8 Å². The summed E-state index contributed by atoms with van der Waals surface area (Å²) in [5.74, 6) is 0.994. The van der Waals surface area contributed by atoms with Crippen molar-refractivity contribution in [2.75, 3.05) is 31.6 Å². The van der Waals surface area contributed by atoms with E-state index < -0.39 is 0 Å². The monoisotopic (exact) mass is 474 g/mol. The summed E-state index contributed by atoms with van der Waals surface area (Å²) in [4.78, 5) is 4.81. The maximum Gasteiger partial charge on any atom is 0.123 e. The summed E-state index contributed by atoms with van der Waals surface area (Å²) in [5, 5.41) is 10.0. The van der Waals surface area contributed by atoms with E-state index in [1.807, 2.05) is 24.3 Å². The van der Waals surface area contributed by atoms with Gasteiger partial charge in [-0.2, -0.15) is 0 Å². The van der Waals surface area contributed by atoms with E-state index >= 15 is 0 Å². The Morgan fingerprint density at radius 3 is 2.54 bits per heavy atom. The van der Waals surface area contributed by atoms with Crippen molar-refractivity contribution < 1.29 is 14.2 Å². The molecule has 2 aliphatic heterocycles. The van der Waals surface area contributed by atoms with Gasteiger partial charge >= 0.3 is 0 Å². The number of anilines is 1. The number of nitrogens with zero attached hydrogens (tertiary/aromatic N) is 2. The average molecular weight is 475 g/mol. The number of aromatic hydroxyl groups is 1. The van der Waals surface area contributed by atoms with Crippen LogP contribution in [0.15, 0.2) is 66.7 Å². The Kier molecular flexibility index (Phi) is 7.24. The molecule has 1 fully saturated rings. The van der Waals surface area contributed by atoms with Crippen molar-refractivity contribution in [3.8, 4) is 11.5 Å². The molecule has 2 aliphatic rings. The van der Waals surface area contributed by atoms with Crippen molar-refractivity contribution >= 4 is 5.69 Å². The Bertz CT molecular complexity index is 1120. The first-order valence-electron chi connectivity index (χ1n) is 12.8. The predicted molar refractivity (Wildman–Crippen MR) is 139 cm³/mol. The van der Waals surface area contributed by atoms with Crippen LogP contribution in [0.2, 0.25) is 0 Å². The molecule has 2 atom stereocenters. The van der Waals surface area contributed by atoms with Gasteiger partial charge in [0.15, 0.2) is 0 Å². The summed E-state index contributed by atoms with van der Waals surface area (Å²) in [7, 11) is 2.22. The minimum Gasteiger partial charge on any atom is -0.508 e. The van der Waals surface area contributed by atoms with E-state index in [2.05, 4.69) is 41.1 Å². The molecule has 5 rings (SSSR count). The van der Waals surface area contributed by atoms with Gasteiger partial charge in [0.2, 0.25) is 0 Å². The Balaban J connectivity index is 1.28. The predicted octanol–water partition coefficient (Wildman–Crippen LogP) is 6.13. The third-order valence-electron chi connectivity index (χ3n) is 7.64. The summed E-state index contributed by atoms with van der Waals surface area (Å²) in [6.45, 7) is 2.76. The molecule has 0 amide bonds. The number of piperidine rings is 1. The van der Waals surface area contributed by atoms with E-state index in [9.17, 15) is 9.50 Å². The van der Waals surface area contributed by atoms with Crippen molar-refractivity contribution in [3.63, 3.8) is 0 Å². The van der Waals surface area contributed by atoms with E-state index in [4.69, 9.17) is 4.74 Å². The van der Waals surface area contributed by atoms with Gasteiger partial charge in [-0.05, 0) is 111 Å². The third-order valence-corrected chi connectivity index (χ3v) is 7.64. The normalized spacial score (nSPS) is 20.5. The molecule has 1 N–H and O–H groups in total. The van der Waals surface area contributed by atoms with Gasteiger partial charge in [0, 0.05) is 18.3 Å². The van der Waals surface area contributed by atoms with Crippen LogP contribution in [0.4, 0.5) is 10.1 Å². The second kappa shape index (κ2) is 10.7. The van der Waals surface area contributed by atoms with Crippen molar-refractivity contribution in [2.45, 2.75) is 50.6 Å². The molecule has 2 unspecified atom stereocenters. The molecule has 2 heterocycles. The minimum absolute atomic E-state index is 0.110. The minimum atomic E-state index is -0.224. The molecule has 0 bridgehead atoms. The molecular weight excluding hydrogens is 439 g/mol. The first-order valence-corrected chi connectivity index (χ1v) is 12.8. The van der Waals surface area contributed by atoms with Crippen molar-refractivity contribution in [2.24, 2.45) is 0 Å². The number of phenols is 1. The Labute approximate surface area is 208 Å². The fraction of sp³-hybridized carbons (Fsp3) is 0.400. The summed E-state index contributed by atoms with van der Waals surface area (Å²) in [5.41, 5.74) is 4.64. The largest absolute Gasteiger partial charge is 0.508 e. The summed E-state index contributed by atoms with van der Waals surface area (Å²) < 4.78 is 19.6. The topological polar surface area (TPSA) is 35.9 Å². The van der Waals surface area contributed by atoms with Crippen LogP contribution in [0.25, 0.3) is 0 Å². The number of ether oxygens (including phenoxy) is 1. The number of halogens is 1. The molecule has 3 aromatic carbocycles. The van der Waals surface area contributed by atoms with Gasteiger partial charge in [-0.3, -0.25) is 0 Å². The maximum atomic E-state index is 13.6. The highest BCUT2D eigenvalue weighted by atomic mass is 19.1. The highest BCUT2D eigenvalue weighted by molar-refractivity contribution is 5.53. The Morgan fingerprint density at radius 1 is 0.971 bits per heavy atom. The molecular formula is C30H35FN2O2. The second-order valence-electron chi connectivity index (χ2n) is 9.93. The highest BCUT2D eigenvalue weighted by Crippen LogP contribution is 2.37. The van der Waals surface area contributed by atoms with Crippen LogP contribution in [0.1, 0.15) is 48.4 Å². The van der Waals surface area contributed by atoms with Crippen LogP contribution in [0.3, 0.4) is 0 Å². The molecule has 4 nitrogen and oxygen atoms in total. The van der Waals surface area contributed by atoms with E-state index in [1.165, 1.54) is 54.6 Å². The Hall–Kier alpha value is -3.05. The molecule has 0 aliphatic carbocycles. The molecule has 3 aromatic rings. The van der Waals surface area contributed by atoms with Gasteiger partial charge in [-0.1, -0.05) is 24.6 Å². The van der Waals surface area contributed by atoms with E-state index in [0.717, 1.165) is 43.9 Å². The average Bonchev–Trinajstić information content (AvgIpc) is 2.87. The lowest BCUT2D eigenvalue weighted by molar-refractivity contribution is 0.153. The summed E-state index contributed by atoms with van der Waals surface area (Å²) in [6, 6.07) is 21.6. The molecule has 5 heteroatoms. The number of rotatable bonds is 7. The van der Waals surface area contributed by atoms with Crippen LogP contribution < -0.4 is 9.64 Å². The van der Waals surface area contributed by atoms with Gasteiger partial charge in [-0.15, -0.1) is 0 Å². The zero-order valence-corrected chi connectivity index (χ0v) is 20.5. The second-order valence-corrected chi connectivity index (χ2v) is 9.93. The quantitative estimate of drug-likeness (QED) is 0.447. The molecule has 184 valence electrons. The van der Waals surface area contributed by atoms with Crippen molar-refractivity contribution in [1.29, 1.82) is 0 Å². The number of hydrogen-bond donors (Lipinski definition) is 1. The van der Waals surface area contributed by atoms with Crippen LogP contribution in [0, 0.1) is 5.82 Å². The van der Waals surface area contributed by atoms with Gasteiger partial charge in [0.05, 0.1) is 12.6 Å². The molecule has 1 saturated heterocycles. The molecule has 0 aromatic heterocycles. The third kappa shape index (κ3) is 5.62.